The Bertz CT molecular complexity index is 748. The first-order valence-electron chi connectivity index (χ1n) is 6.25. The second-order valence-electron chi connectivity index (χ2n) is 4.53. The molecule has 0 amide bonds. The van der Waals surface area contributed by atoms with E-state index >= 15 is 0 Å². The third-order valence-electron chi connectivity index (χ3n) is 3.00. The van der Waals surface area contributed by atoms with Gasteiger partial charge in [0.15, 0.2) is 5.82 Å². The highest BCUT2D eigenvalue weighted by Gasteiger charge is 2.07. The number of rotatable bonds is 4. The monoisotopic (exact) mass is 382 g/mol. The van der Waals surface area contributed by atoms with E-state index in [1.807, 2.05) is 35.9 Å². The third kappa shape index (κ3) is 3.28. The van der Waals surface area contributed by atoms with Crippen molar-refractivity contribution in [1.82, 2.24) is 14.8 Å². The van der Waals surface area contributed by atoms with E-state index in [1.165, 1.54) is 4.88 Å². The van der Waals surface area contributed by atoms with Crippen LogP contribution in [0.3, 0.4) is 0 Å². The van der Waals surface area contributed by atoms with Gasteiger partial charge in [-0.1, -0.05) is 23.7 Å². The topological polar surface area (TPSA) is 42.7 Å². The summed E-state index contributed by atoms with van der Waals surface area (Å²) in [6.45, 7) is 0.734. The van der Waals surface area contributed by atoms with Crippen LogP contribution in [0.1, 0.15) is 4.88 Å². The number of hydrogen-bond donors (Lipinski definition) is 1. The molecule has 0 fully saturated rings. The minimum atomic E-state index is 0.734. The van der Waals surface area contributed by atoms with Gasteiger partial charge in [-0.05, 0) is 34.1 Å². The van der Waals surface area contributed by atoms with Crippen LogP contribution in [0.25, 0.3) is 11.4 Å². The number of benzene rings is 1. The van der Waals surface area contributed by atoms with Crippen LogP contribution in [0.5, 0.6) is 0 Å². The molecule has 0 aliphatic heterocycles. The number of anilines is 1. The molecule has 0 aliphatic carbocycles. The van der Waals surface area contributed by atoms with E-state index in [4.69, 9.17) is 11.6 Å². The van der Waals surface area contributed by atoms with E-state index < -0.39 is 0 Å². The number of thiophene rings is 1. The van der Waals surface area contributed by atoms with Gasteiger partial charge in [0.2, 0.25) is 0 Å². The van der Waals surface area contributed by atoms with Crippen LogP contribution >= 0.6 is 38.9 Å². The Morgan fingerprint density at radius 3 is 2.90 bits per heavy atom. The molecule has 3 rings (SSSR count). The summed E-state index contributed by atoms with van der Waals surface area (Å²) < 4.78 is 3.62. The van der Waals surface area contributed by atoms with Crippen LogP contribution < -0.4 is 5.32 Å². The molecule has 2 heterocycles. The van der Waals surface area contributed by atoms with Crippen molar-refractivity contribution in [3.05, 3.63) is 50.3 Å². The fourth-order valence-corrected chi connectivity index (χ4v) is 3.71. The van der Waals surface area contributed by atoms with E-state index in [2.05, 4.69) is 37.5 Å². The quantitative estimate of drug-likeness (QED) is 0.717. The van der Waals surface area contributed by atoms with E-state index in [-0.39, 0.29) is 0 Å². The molecule has 0 unspecified atom stereocenters. The predicted molar refractivity (Wildman–Crippen MR) is 90.8 cm³/mol. The van der Waals surface area contributed by atoms with Crippen molar-refractivity contribution in [2.24, 2.45) is 7.05 Å². The maximum absolute atomic E-state index is 6.05. The lowest BCUT2D eigenvalue weighted by Crippen LogP contribution is -1.98. The standard InChI is InChI=1S/C14H12BrClN4S/c1-20-8-18-19-14(20)9-3-2-4-10(5-9)17-7-11-6-12(15)13(16)21-11/h2-6,8,17H,7H2,1H3. The largest absolute Gasteiger partial charge is 0.380 e. The van der Waals surface area contributed by atoms with Gasteiger partial charge < -0.3 is 9.88 Å². The Morgan fingerprint density at radius 1 is 1.38 bits per heavy atom. The number of halogens is 2. The summed E-state index contributed by atoms with van der Waals surface area (Å²) >= 11 is 11.0. The van der Waals surface area contributed by atoms with E-state index in [0.29, 0.717) is 0 Å². The number of aryl methyl sites for hydroxylation is 1. The molecular formula is C14H12BrClN4S. The first-order chi connectivity index (χ1) is 10.1. The van der Waals surface area contributed by atoms with Gasteiger partial charge in [0, 0.05) is 34.2 Å². The zero-order chi connectivity index (χ0) is 14.8. The van der Waals surface area contributed by atoms with Crippen molar-refractivity contribution >= 4 is 44.6 Å². The molecule has 3 aromatic rings. The van der Waals surface area contributed by atoms with Crippen molar-refractivity contribution < 1.29 is 0 Å². The van der Waals surface area contributed by atoms with Gasteiger partial charge in [-0.25, -0.2) is 0 Å². The maximum atomic E-state index is 6.05. The maximum Gasteiger partial charge on any atom is 0.163 e. The van der Waals surface area contributed by atoms with Crippen molar-refractivity contribution in [3.63, 3.8) is 0 Å². The molecule has 4 nitrogen and oxygen atoms in total. The molecule has 0 aliphatic rings. The summed E-state index contributed by atoms with van der Waals surface area (Å²) in [7, 11) is 1.93. The lowest BCUT2D eigenvalue weighted by atomic mass is 10.2. The summed E-state index contributed by atoms with van der Waals surface area (Å²) in [6, 6.07) is 10.2. The van der Waals surface area contributed by atoms with E-state index in [1.54, 1.807) is 17.7 Å². The minimum Gasteiger partial charge on any atom is -0.380 e. The zero-order valence-electron chi connectivity index (χ0n) is 11.2. The summed E-state index contributed by atoms with van der Waals surface area (Å²) in [5.74, 6) is 0.848. The highest BCUT2D eigenvalue weighted by molar-refractivity contribution is 9.10. The van der Waals surface area contributed by atoms with Gasteiger partial charge in [-0.2, -0.15) is 0 Å². The fraction of sp³-hybridized carbons (Fsp3) is 0.143. The van der Waals surface area contributed by atoms with Crippen LogP contribution in [-0.4, -0.2) is 14.8 Å². The van der Waals surface area contributed by atoms with Gasteiger partial charge in [0.25, 0.3) is 0 Å². The summed E-state index contributed by atoms with van der Waals surface area (Å²) in [5, 5.41) is 11.4. The molecule has 1 N–H and O–H groups in total. The van der Waals surface area contributed by atoms with Crippen LogP contribution in [0, 0.1) is 0 Å². The summed E-state index contributed by atoms with van der Waals surface area (Å²) in [4.78, 5) is 1.18. The summed E-state index contributed by atoms with van der Waals surface area (Å²) in [5.41, 5.74) is 2.07. The Kier molecular flexibility index (Phi) is 4.28. The van der Waals surface area contributed by atoms with Gasteiger partial charge in [-0.3, -0.25) is 0 Å². The third-order valence-corrected chi connectivity index (χ3v) is 5.47. The molecular weight excluding hydrogens is 372 g/mol. The Hall–Kier alpha value is -1.37. The predicted octanol–water partition coefficient (Wildman–Crippen LogP) is 4.57. The van der Waals surface area contributed by atoms with Gasteiger partial charge in [-0.15, -0.1) is 21.5 Å². The van der Waals surface area contributed by atoms with E-state index in [0.717, 1.165) is 32.4 Å². The van der Waals surface area contributed by atoms with Crippen LogP contribution in [0.4, 0.5) is 5.69 Å². The Morgan fingerprint density at radius 2 is 2.24 bits per heavy atom. The van der Waals surface area contributed by atoms with Crippen molar-refractivity contribution in [1.29, 1.82) is 0 Å². The number of nitrogens with one attached hydrogen (secondary N) is 1. The lowest BCUT2D eigenvalue weighted by Gasteiger charge is -2.07. The Labute approximate surface area is 139 Å². The first kappa shape index (κ1) is 14.6. The molecule has 0 saturated heterocycles. The summed E-state index contributed by atoms with van der Waals surface area (Å²) in [6.07, 6.45) is 1.70. The fourth-order valence-electron chi connectivity index (χ4n) is 1.98. The highest BCUT2D eigenvalue weighted by atomic mass is 79.9. The SMILES string of the molecule is Cn1cnnc1-c1cccc(NCc2cc(Br)c(Cl)s2)c1. The second-order valence-corrected chi connectivity index (χ2v) is 7.13. The van der Waals surface area contributed by atoms with Crippen molar-refractivity contribution in [2.45, 2.75) is 6.54 Å². The molecule has 108 valence electrons. The smallest absolute Gasteiger partial charge is 0.163 e. The average Bonchev–Trinajstić information content (AvgIpc) is 3.03. The van der Waals surface area contributed by atoms with Crippen LogP contribution in [0.2, 0.25) is 4.34 Å². The normalized spacial score (nSPS) is 10.8. The molecule has 0 saturated carbocycles. The highest BCUT2D eigenvalue weighted by Crippen LogP contribution is 2.32. The molecule has 1 aromatic carbocycles. The molecule has 2 aromatic heterocycles. The van der Waals surface area contributed by atoms with Gasteiger partial charge in [0.1, 0.15) is 10.7 Å². The van der Waals surface area contributed by atoms with Crippen LogP contribution in [0.15, 0.2) is 41.1 Å². The Balaban J connectivity index is 1.76. The first-order valence-corrected chi connectivity index (χ1v) is 8.24. The molecule has 7 heteroatoms. The second kappa shape index (κ2) is 6.17. The zero-order valence-corrected chi connectivity index (χ0v) is 14.3. The van der Waals surface area contributed by atoms with Crippen molar-refractivity contribution in [2.75, 3.05) is 5.32 Å². The number of nitrogens with zero attached hydrogens (tertiary/aromatic N) is 3. The van der Waals surface area contributed by atoms with E-state index in [9.17, 15) is 0 Å². The van der Waals surface area contributed by atoms with Gasteiger partial charge >= 0.3 is 0 Å². The number of hydrogen-bond acceptors (Lipinski definition) is 4. The average molecular weight is 384 g/mol. The lowest BCUT2D eigenvalue weighted by molar-refractivity contribution is 0.920. The molecule has 0 spiro atoms. The minimum absolute atomic E-state index is 0.734. The van der Waals surface area contributed by atoms with Crippen molar-refractivity contribution in [3.8, 4) is 11.4 Å². The molecule has 21 heavy (non-hydrogen) atoms. The molecule has 0 bridgehead atoms. The molecule has 0 radical (unpaired) electrons. The molecule has 0 atom stereocenters. The van der Waals surface area contributed by atoms with Gasteiger partial charge in [0.05, 0.1) is 0 Å². The number of aromatic nitrogens is 3. The van der Waals surface area contributed by atoms with Crippen LogP contribution in [-0.2, 0) is 13.6 Å².